The molecule has 5 rings (SSSR count). The van der Waals surface area contributed by atoms with Crippen molar-refractivity contribution in [3.05, 3.63) is 71.9 Å². The fourth-order valence-corrected chi connectivity index (χ4v) is 3.94. The highest BCUT2D eigenvalue weighted by molar-refractivity contribution is 6.20. The number of nitrogens with zero attached hydrogens (tertiary/aromatic N) is 5. The number of hydrogen-bond acceptors (Lipinski definition) is 5. The number of carbonyl (C=O) groups excluding carboxylic acids is 2. The molecule has 3 heterocycles. The number of aromatic nitrogens is 2. The van der Waals surface area contributed by atoms with Crippen molar-refractivity contribution in [3.8, 4) is 11.4 Å². The van der Waals surface area contributed by atoms with Gasteiger partial charge in [0.05, 0.1) is 31.1 Å². The van der Waals surface area contributed by atoms with E-state index in [9.17, 15) is 9.59 Å². The summed E-state index contributed by atoms with van der Waals surface area (Å²) in [7, 11) is 1.60. The molecule has 1 aromatic heterocycles. The summed E-state index contributed by atoms with van der Waals surface area (Å²) in [4.78, 5) is 33.7. The third kappa shape index (κ3) is 3.47. The zero-order chi connectivity index (χ0) is 22.1. The number of benzene rings is 2. The minimum Gasteiger partial charge on any atom is -0.497 e. The van der Waals surface area contributed by atoms with Gasteiger partial charge in [-0.25, -0.2) is 9.48 Å². The van der Waals surface area contributed by atoms with Crippen LogP contribution in [0.2, 0.25) is 0 Å². The van der Waals surface area contributed by atoms with Crippen LogP contribution in [-0.2, 0) is 11.3 Å². The van der Waals surface area contributed by atoms with Crippen LogP contribution in [-0.4, -0.2) is 59.2 Å². The van der Waals surface area contributed by atoms with E-state index < -0.39 is 0 Å². The van der Waals surface area contributed by atoms with Crippen LogP contribution in [0.1, 0.15) is 11.1 Å². The SMILES string of the molecule is COc1cccc(CNC(=O)CN2C(=O)N3CCN=C3c3cnn(-c4ccccc4)c32)c1. The molecule has 9 nitrogen and oxygen atoms in total. The molecule has 2 aromatic carbocycles. The first-order valence-corrected chi connectivity index (χ1v) is 10.3. The van der Waals surface area contributed by atoms with Crippen molar-refractivity contribution in [1.82, 2.24) is 20.0 Å². The van der Waals surface area contributed by atoms with Crippen LogP contribution in [0.25, 0.3) is 5.69 Å². The van der Waals surface area contributed by atoms with Crippen molar-refractivity contribution in [1.29, 1.82) is 0 Å². The van der Waals surface area contributed by atoms with Crippen LogP contribution in [0.4, 0.5) is 10.6 Å². The number of fused-ring (bicyclic) bond motifs is 3. The lowest BCUT2D eigenvalue weighted by atomic mass is 10.2. The molecule has 0 radical (unpaired) electrons. The Balaban J connectivity index is 1.42. The van der Waals surface area contributed by atoms with Gasteiger partial charge in [-0.3, -0.25) is 19.6 Å². The van der Waals surface area contributed by atoms with Gasteiger partial charge in [0.25, 0.3) is 0 Å². The molecular formula is C23H22N6O3. The van der Waals surface area contributed by atoms with E-state index >= 15 is 0 Å². The van der Waals surface area contributed by atoms with Gasteiger partial charge in [0.15, 0.2) is 5.82 Å². The second kappa shape index (κ2) is 8.18. The van der Waals surface area contributed by atoms with E-state index in [1.165, 1.54) is 4.90 Å². The number of methoxy groups -OCH3 is 1. The van der Waals surface area contributed by atoms with E-state index in [0.29, 0.717) is 31.3 Å². The summed E-state index contributed by atoms with van der Waals surface area (Å²) in [6, 6.07) is 16.7. The Kier molecular flexibility index (Phi) is 5.06. The molecule has 32 heavy (non-hydrogen) atoms. The first-order chi connectivity index (χ1) is 15.7. The van der Waals surface area contributed by atoms with E-state index in [2.05, 4.69) is 15.4 Å². The minimum absolute atomic E-state index is 0.127. The number of rotatable bonds is 6. The lowest BCUT2D eigenvalue weighted by molar-refractivity contribution is -0.119. The van der Waals surface area contributed by atoms with Crippen LogP contribution >= 0.6 is 0 Å². The standard InChI is InChI=1S/C23H22N6O3/c1-32-18-9-5-6-16(12-18)13-25-20(30)15-28-22-19(21-24-10-11-27(21)23(28)31)14-26-29(22)17-7-3-2-4-8-17/h2-9,12,14H,10-11,13,15H2,1H3,(H,25,30). The lowest BCUT2D eigenvalue weighted by Crippen LogP contribution is -2.53. The highest BCUT2D eigenvalue weighted by atomic mass is 16.5. The molecule has 0 aliphatic carbocycles. The fourth-order valence-electron chi connectivity index (χ4n) is 3.94. The summed E-state index contributed by atoms with van der Waals surface area (Å²) in [6.07, 6.45) is 1.70. The number of urea groups is 1. The van der Waals surface area contributed by atoms with Crippen LogP contribution < -0.4 is 15.0 Å². The number of para-hydroxylation sites is 1. The molecule has 3 aromatic rings. The molecule has 3 amide bonds. The molecule has 1 N–H and O–H groups in total. The fraction of sp³-hybridized carbons (Fsp3) is 0.217. The molecule has 9 heteroatoms. The Morgan fingerprint density at radius 3 is 2.81 bits per heavy atom. The maximum absolute atomic E-state index is 13.3. The summed E-state index contributed by atoms with van der Waals surface area (Å²) < 4.78 is 6.91. The quantitative estimate of drug-likeness (QED) is 0.649. The van der Waals surface area contributed by atoms with E-state index in [1.807, 2.05) is 54.6 Å². The Labute approximate surface area is 184 Å². The molecule has 0 fully saturated rings. The monoisotopic (exact) mass is 430 g/mol. The van der Waals surface area contributed by atoms with Crippen LogP contribution in [0, 0.1) is 0 Å². The molecule has 0 unspecified atom stereocenters. The van der Waals surface area contributed by atoms with Gasteiger partial charge in [-0.2, -0.15) is 5.10 Å². The van der Waals surface area contributed by atoms with Gasteiger partial charge < -0.3 is 10.1 Å². The van der Waals surface area contributed by atoms with E-state index in [0.717, 1.165) is 22.6 Å². The lowest BCUT2D eigenvalue weighted by Gasteiger charge is -2.33. The number of ether oxygens (including phenoxy) is 1. The number of amidine groups is 1. The maximum Gasteiger partial charge on any atom is 0.331 e. The second-order valence-electron chi connectivity index (χ2n) is 7.48. The number of nitrogens with one attached hydrogen (secondary N) is 1. The first-order valence-electron chi connectivity index (χ1n) is 10.3. The largest absolute Gasteiger partial charge is 0.497 e. The maximum atomic E-state index is 13.3. The van der Waals surface area contributed by atoms with Gasteiger partial charge in [-0.1, -0.05) is 30.3 Å². The molecular weight excluding hydrogens is 408 g/mol. The average Bonchev–Trinajstić information content (AvgIpc) is 3.49. The average molecular weight is 430 g/mol. The Hall–Kier alpha value is -4.14. The van der Waals surface area contributed by atoms with Crippen LogP contribution in [0.5, 0.6) is 5.75 Å². The van der Waals surface area contributed by atoms with Gasteiger partial charge in [0.1, 0.15) is 18.1 Å². The van der Waals surface area contributed by atoms with Crippen molar-refractivity contribution in [2.45, 2.75) is 6.54 Å². The van der Waals surface area contributed by atoms with E-state index in [1.54, 1.807) is 22.9 Å². The molecule has 2 aliphatic heterocycles. The van der Waals surface area contributed by atoms with Crippen LogP contribution in [0.15, 0.2) is 65.8 Å². The topological polar surface area (TPSA) is 92.1 Å². The molecule has 162 valence electrons. The zero-order valence-electron chi connectivity index (χ0n) is 17.6. The highest BCUT2D eigenvalue weighted by Crippen LogP contribution is 2.32. The second-order valence-corrected chi connectivity index (χ2v) is 7.48. The Bertz CT molecular complexity index is 1200. The van der Waals surface area contributed by atoms with Gasteiger partial charge in [0.2, 0.25) is 5.91 Å². The molecule has 2 aliphatic rings. The molecule has 0 bridgehead atoms. The van der Waals surface area contributed by atoms with Gasteiger partial charge >= 0.3 is 6.03 Å². The van der Waals surface area contributed by atoms with Gasteiger partial charge in [-0.15, -0.1) is 0 Å². The summed E-state index contributed by atoms with van der Waals surface area (Å²) in [5.74, 6) is 1.61. The van der Waals surface area contributed by atoms with Gasteiger partial charge in [0, 0.05) is 13.1 Å². The third-order valence-electron chi connectivity index (χ3n) is 5.47. The molecule has 0 spiro atoms. The molecule has 0 saturated heterocycles. The number of aliphatic imine (C=N–C) groups is 1. The Morgan fingerprint density at radius 1 is 1.16 bits per heavy atom. The summed E-state index contributed by atoms with van der Waals surface area (Å²) >= 11 is 0. The summed E-state index contributed by atoms with van der Waals surface area (Å²) in [5, 5.41) is 7.40. The Morgan fingerprint density at radius 2 is 2.00 bits per heavy atom. The van der Waals surface area contributed by atoms with Crippen molar-refractivity contribution in [3.63, 3.8) is 0 Å². The van der Waals surface area contributed by atoms with Crippen molar-refractivity contribution in [2.24, 2.45) is 4.99 Å². The van der Waals surface area contributed by atoms with Crippen molar-refractivity contribution in [2.75, 3.05) is 31.6 Å². The minimum atomic E-state index is -0.275. The third-order valence-corrected chi connectivity index (χ3v) is 5.47. The normalized spacial score (nSPS) is 14.7. The smallest absolute Gasteiger partial charge is 0.331 e. The highest BCUT2D eigenvalue weighted by Gasteiger charge is 2.41. The summed E-state index contributed by atoms with van der Waals surface area (Å²) in [6.45, 7) is 1.23. The van der Waals surface area contributed by atoms with Crippen molar-refractivity contribution >= 4 is 23.6 Å². The molecule has 0 saturated carbocycles. The zero-order valence-corrected chi connectivity index (χ0v) is 17.6. The number of anilines is 1. The predicted molar refractivity (Wildman–Crippen MR) is 119 cm³/mol. The first kappa shape index (κ1) is 19.8. The predicted octanol–water partition coefficient (Wildman–Crippen LogP) is 2.20. The van der Waals surface area contributed by atoms with E-state index in [4.69, 9.17) is 4.74 Å². The number of hydrogen-bond donors (Lipinski definition) is 1. The van der Waals surface area contributed by atoms with E-state index in [-0.39, 0.29) is 18.5 Å². The molecule has 0 atom stereocenters. The van der Waals surface area contributed by atoms with Crippen molar-refractivity contribution < 1.29 is 14.3 Å². The number of amides is 3. The van der Waals surface area contributed by atoms with Gasteiger partial charge in [-0.05, 0) is 29.8 Å². The number of carbonyl (C=O) groups is 2. The van der Waals surface area contributed by atoms with Crippen LogP contribution in [0.3, 0.4) is 0 Å². The summed E-state index contributed by atoms with van der Waals surface area (Å²) in [5.41, 5.74) is 2.45.